The molecule has 8 nitrogen and oxygen atoms in total. The fourth-order valence-corrected chi connectivity index (χ4v) is 6.59. The summed E-state index contributed by atoms with van der Waals surface area (Å²) in [5.74, 6) is 1.41. The van der Waals surface area contributed by atoms with Crippen LogP contribution in [0.3, 0.4) is 0 Å². The number of benzene rings is 3. The van der Waals surface area contributed by atoms with E-state index in [-0.39, 0.29) is 29.8 Å². The van der Waals surface area contributed by atoms with Gasteiger partial charge in [0.1, 0.15) is 19.8 Å². The van der Waals surface area contributed by atoms with Gasteiger partial charge in [-0.25, -0.2) is 4.79 Å². The van der Waals surface area contributed by atoms with Crippen molar-refractivity contribution in [3.63, 3.8) is 0 Å². The zero-order valence-corrected chi connectivity index (χ0v) is 26.8. The van der Waals surface area contributed by atoms with Gasteiger partial charge in [0.2, 0.25) is 0 Å². The molecule has 2 aliphatic rings. The van der Waals surface area contributed by atoms with Crippen molar-refractivity contribution < 1.29 is 19.0 Å². The summed E-state index contributed by atoms with van der Waals surface area (Å²) in [4.78, 5) is 31.0. The number of pyridine rings is 1. The number of nitrogens with zero attached hydrogens (tertiary/aromatic N) is 3. The van der Waals surface area contributed by atoms with Crippen LogP contribution in [0, 0.1) is 6.92 Å². The van der Waals surface area contributed by atoms with Gasteiger partial charge in [-0.3, -0.25) is 4.79 Å². The van der Waals surface area contributed by atoms with E-state index >= 15 is 0 Å². The Morgan fingerprint density at radius 2 is 1.62 bits per heavy atom. The van der Waals surface area contributed by atoms with Crippen LogP contribution < -0.4 is 15.0 Å². The molecule has 1 saturated heterocycles. The molecular weight excluding hydrogens is 566 g/mol. The van der Waals surface area contributed by atoms with E-state index < -0.39 is 0 Å². The molecule has 3 heterocycles. The number of hydrogen-bond acceptors (Lipinski definition) is 6. The topological polar surface area (TPSA) is 73.2 Å². The zero-order chi connectivity index (χ0) is 31.6. The van der Waals surface area contributed by atoms with E-state index in [0.29, 0.717) is 25.5 Å². The Bertz CT molecular complexity index is 1720. The highest BCUT2D eigenvalue weighted by Crippen LogP contribution is 2.32. The summed E-state index contributed by atoms with van der Waals surface area (Å²) in [7, 11) is 0. The molecule has 6 rings (SSSR count). The molecule has 3 aromatic carbocycles. The Morgan fingerprint density at radius 3 is 2.36 bits per heavy atom. The van der Waals surface area contributed by atoms with E-state index in [9.17, 15) is 9.59 Å². The summed E-state index contributed by atoms with van der Waals surface area (Å²) in [5, 5.41) is 1.10. The fraction of sp³-hybridized carbons (Fsp3) is 0.405. The van der Waals surface area contributed by atoms with E-state index in [1.54, 1.807) is 6.07 Å². The highest BCUT2D eigenvalue weighted by Gasteiger charge is 2.36. The second-order valence-electron chi connectivity index (χ2n) is 13.1. The monoisotopic (exact) mass is 609 g/mol. The predicted molar refractivity (Wildman–Crippen MR) is 177 cm³/mol. The van der Waals surface area contributed by atoms with Gasteiger partial charge in [-0.2, -0.15) is 0 Å². The largest absolute Gasteiger partial charge is 0.486 e. The summed E-state index contributed by atoms with van der Waals surface area (Å²) < 4.78 is 19.0. The van der Waals surface area contributed by atoms with E-state index in [2.05, 4.69) is 56.0 Å². The van der Waals surface area contributed by atoms with Gasteiger partial charge in [0.15, 0.2) is 11.5 Å². The second-order valence-corrected chi connectivity index (χ2v) is 13.1. The van der Waals surface area contributed by atoms with Crippen LogP contribution in [0.25, 0.3) is 22.0 Å². The minimum absolute atomic E-state index is 0.0276. The van der Waals surface area contributed by atoms with Gasteiger partial charge < -0.3 is 28.6 Å². The number of piperidine rings is 1. The van der Waals surface area contributed by atoms with E-state index in [1.807, 2.05) is 52.8 Å². The van der Waals surface area contributed by atoms with E-state index in [0.717, 1.165) is 71.4 Å². The van der Waals surface area contributed by atoms with Crippen LogP contribution in [0.1, 0.15) is 44.7 Å². The lowest BCUT2D eigenvalue weighted by Gasteiger charge is -2.44. The van der Waals surface area contributed by atoms with Crippen molar-refractivity contribution >= 4 is 17.0 Å². The third kappa shape index (κ3) is 6.86. The SMILES string of the molecule is Cc1cc(=O)n(CCN2CCC(N(C(=O)OCc3ccc4c(c3)OCCO4)C(C)(C)C)CC2)c2cc(-c3ccccc3)ccc12. The second kappa shape index (κ2) is 13.0. The number of carbonyl (C=O) groups is 1. The van der Waals surface area contributed by atoms with Gasteiger partial charge in [0.25, 0.3) is 5.56 Å². The molecule has 1 fully saturated rings. The average molecular weight is 610 g/mol. The summed E-state index contributed by atoms with van der Waals surface area (Å²) in [6, 6.07) is 24.2. The molecule has 0 N–H and O–H groups in total. The molecule has 0 atom stereocenters. The summed E-state index contributed by atoms with van der Waals surface area (Å²) in [6.07, 6.45) is 1.39. The molecule has 4 aromatic rings. The molecule has 0 aliphatic carbocycles. The lowest BCUT2D eigenvalue weighted by Crippen LogP contribution is -2.55. The highest BCUT2D eigenvalue weighted by atomic mass is 16.6. The van der Waals surface area contributed by atoms with Crippen molar-refractivity contribution in [3.8, 4) is 22.6 Å². The van der Waals surface area contributed by atoms with Crippen molar-refractivity contribution in [3.05, 3.63) is 94.3 Å². The number of rotatable bonds is 7. The molecule has 45 heavy (non-hydrogen) atoms. The first-order valence-electron chi connectivity index (χ1n) is 15.9. The van der Waals surface area contributed by atoms with Crippen molar-refractivity contribution in [1.82, 2.24) is 14.4 Å². The van der Waals surface area contributed by atoms with Crippen LogP contribution in [0.2, 0.25) is 0 Å². The van der Waals surface area contributed by atoms with Gasteiger partial charge in [-0.15, -0.1) is 0 Å². The fourth-order valence-electron chi connectivity index (χ4n) is 6.59. The number of amides is 1. The number of aromatic nitrogens is 1. The number of fused-ring (bicyclic) bond motifs is 2. The van der Waals surface area contributed by atoms with Gasteiger partial charge in [-0.1, -0.05) is 48.5 Å². The van der Waals surface area contributed by atoms with Crippen molar-refractivity contribution in [2.75, 3.05) is 32.8 Å². The molecule has 0 saturated carbocycles. The molecule has 0 spiro atoms. The smallest absolute Gasteiger partial charge is 0.410 e. The molecule has 8 heteroatoms. The Hall–Kier alpha value is -4.30. The van der Waals surface area contributed by atoms with Gasteiger partial charge in [-0.05, 0) is 81.0 Å². The average Bonchev–Trinajstić information content (AvgIpc) is 3.04. The standard InChI is InChI=1S/C37H43N3O5/c1-26-22-35(41)39(32-24-29(11-12-31(26)32)28-8-6-5-7-9-28)19-18-38-16-14-30(15-17-38)40(37(2,3)4)36(42)45-25-27-10-13-33-34(23-27)44-21-20-43-33/h5-13,22-24,30H,14-21,25H2,1-4H3. The normalized spacial score (nSPS) is 15.6. The number of carbonyl (C=O) groups excluding carboxylic acids is 1. The van der Waals surface area contributed by atoms with Crippen molar-refractivity contribution in [1.29, 1.82) is 0 Å². The summed E-state index contributed by atoms with van der Waals surface area (Å²) >= 11 is 0. The van der Waals surface area contributed by atoms with Gasteiger partial charge in [0.05, 0.1) is 5.52 Å². The van der Waals surface area contributed by atoms with Gasteiger partial charge in [0, 0.05) is 49.2 Å². The minimum atomic E-state index is -0.388. The maximum atomic E-state index is 13.5. The lowest BCUT2D eigenvalue weighted by atomic mass is 9.97. The molecule has 0 bridgehead atoms. The number of aryl methyl sites for hydroxylation is 1. The zero-order valence-electron chi connectivity index (χ0n) is 26.8. The third-order valence-corrected chi connectivity index (χ3v) is 8.88. The Balaban J connectivity index is 1.10. The van der Waals surface area contributed by atoms with Crippen LogP contribution >= 0.6 is 0 Å². The van der Waals surface area contributed by atoms with Crippen LogP contribution in [-0.2, 0) is 17.9 Å². The number of hydrogen-bond donors (Lipinski definition) is 0. The predicted octanol–water partition coefficient (Wildman–Crippen LogP) is 6.65. The van der Waals surface area contributed by atoms with Crippen LogP contribution in [0.15, 0.2) is 77.6 Å². The minimum Gasteiger partial charge on any atom is -0.486 e. The molecule has 0 radical (unpaired) electrons. The molecule has 2 aliphatic heterocycles. The molecule has 236 valence electrons. The van der Waals surface area contributed by atoms with Crippen LogP contribution in [-0.4, -0.2) is 64.9 Å². The highest BCUT2D eigenvalue weighted by molar-refractivity contribution is 5.87. The molecular formula is C37H43N3O5. The third-order valence-electron chi connectivity index (χ3n) is 8.88. The quantitative estimate of drug-likeness (QED) is 0.234. The maximum absolute atomic E-state index is 13.5. The van der Waals surface area contributed by atoms with Crippen molar-refractivity contribution in [2.45, 2.75) is 65.3 Å². The number of ether oxygens (including phenoxy) is 3. The Labute approximate surface area is 265 Å². The first-order valence-corrected chi connectivity index (χ1v) is 15.9. The Kier molecular flexibility index (Phi) is 8.85. The van der Waals surface area contributed by atoms with Crippen LogP contribution in [0.5, 0.6) is 11.5 Å². The summed E-state index contributed by atoms with van der Waals surface area (Å²) in [5.41, 5.74) is 4.71. The lowest BCUT2D eigenvalue weighted by molar-refractivity contribution is 0.0196. The van der Waals surface area contributed by atoms with Crippen molar-refractivity contribution in [2.24, 2.45) is 0 Å². The van der Waals surface area contributed by atoms with E-state index in [1.165, 1.54) is 0 Å². The molecule has 1 amide bonds. The number of likely N-dealkylation sites (tertiary alicyclic amines) is 1. The molecule has 0 unspecified atom stereocenters. The van der Waals surface area contributed by atoms with Crippen LogP contribution in [0.4, 0.5) is 4.79 Å². The summed E-state index contributed by atoms with van der Waals surface area (Å²) in [6.45, 7) is 12.5. The van der Waals surface area contributed by atoms with E-state index in [4.69, 9.17) is 14.2 Å². The maximum Gasteiger partial charge on any atom is 0.410 e. The van der Waals surface area contributed by atoms with Gasteiger partial charge >= 0.3 is 6.09 Å². The Morgan fingerprint density at radius 1 is 0.889 bits per heavy atom. The first kappa shape index (κ1) is 30.7. The molecule has 1 aromatic heterocycles. The first-order chi connectivity index (χ1) is 21.7.